The molecule has 0 nitrogen and oxygen atoms in total. The number of hydrogen-bond acceptors (Lipinski definition) is 0. The first-order chi connectivity index (χ1) is 9.34. The van der Waals surface area contributed by atoms with E-state index in [9.17, 15) is 0 Å². The van der Waals surface area contributed by atoms with Crippen LogP contribution in [0.4, 0.5) is 0 Å². The molecule has 0 aliphatic rings. The van der Waals surface area contributed by atoms with Crippen molar-refractivity contribution >= 4 is 0 Å². The maximum Gasteiger partial charge on any atom is 0.00664 e. The molecule has 2 aromatic rings. The molecule has 0 aromatic heterocycles. The van der Waals surface area contributed by atoms with Gasteiger partial charge in [0.2, 0.25) is 0 Å². The number of benzene rings is 2. The van der Waals surface area contributed by atoms with Crippen molar-refractivity contribution in [2.24, 2.45) is 0 Å². The van der Waals surface area contributed by atoms with Crippen molar-refractivity contribution in [3.8, 4) is 0 Å². The molecule has 0 heterocycles. The van der Waals surface area contributed by atoms with Crippen molar-refractivity contribution in [3.63, 3.8) is 0 Å². The third-order valence-electron chi connectivity index (χ3n) is 5.13. The Morgan fingerprint density at radius 1 is 0.550 bits per heavy atom. The summed E-state index contributed by atoms with van der Waals surface area (Å²) in [5, 5.41) is 0. The summed E-state index contributed by atoms with van der Waals surface area (Å²) >= 11 is 0. The lowest BCUT2D eigenvalue weighted by Gasteiger charge is -2.21. The van der Waals surface area contributed by atoms with Crippen LogP contribution in [0.3, 0.4) is 0 Å². The number of aryl methyl sites for hydroxylation is 2. The highest BCUT2D eigenvalue weighted by Gasteiger charge is 2.16. The summed E-state index contributed by atoms with van der Waals surface area (Å²) in [6.45, 7) is 15.7. The Kier molecular flexibility index (Phi) is 4.04. The van der Waals surface area contributed by atoms with E-state index < -0.39 is 0 Å². The fraction of sp³-hybridized carbons (Fsp3) is 0.400. The molecule has 0 saturated carbocycles. The van der Waals surface area contributed by atoms with Gasteiger partial charge in [0.25, 0.3) is 0 Å². The first-order valence-corrected chi connectivity index (χ1v) is 7.48. The van der Waals surface area contributed by atoms with Gasteiger partial charge in [0, 0.05) is 5.92 Å². The van der Waals surface area contributed by atoms with Gasteiger partial charge in [-0.25, -0.2) is 0 Å². The normalized spacial score (nSPS) is 11.2. The van der Waals surface area contributed by atoms with Gasteiger partial charge in [0.15, 0.2) is 0 Å². The van der Waals surface area contributed by atoms with Crippen molar-refractivity contribution in [1.82, 2.24) is 0 Å². The molecule has 2 aromatic carbocycles. The smallest absolute Gasteiger partial charge is 0.00664 e. The monoisotopic (exact) mass is 266 g/mol. The predicted molar refractivity (Wildman–Crippen MR) is 88.8 cm³/mol. The largest absolute Gasteiger partial charge is 0.0587 e. The summed E-state index contributed by atoms with van der Waals surface area (Å²) in [6.07, 6.45) is 0. The first kappa shape index (κ1) is 14.8. The van der Waals surface area contributed by atoms with E-state index >= 15 is 0 Å². The second kappa shape index (κ2) is 5.44. The topological polar surface area (TPSA) is 0 Å². The van der Waals surface area contributed by atoms with Crippen LogP contribution in [-0.4, -0.2) is 0 Å². The molecule has 0 saturated heterocycles. The summed E-state index contributed by atoms with van der Waals surface area (Å²) < 4.78 is 0. The van der Waals surface area contributed by atoms with Crippen molar-refractivity contribution in [2.45, 2.75) is 54.4 Å². The summed E-state index contributed by atoms with van der Waals surface area (Å²) in [7, 11) is 0. The minimum Gasteiger partial charge on any atom is -0.0587 e. The molecule has 0 aliphatic heterocycles. The van der Waals surface area contributed by atoms with Gasteiger partial charge in [-0.05, 0) is 86.1 Å². The zero-order valence-electron chi connectivity index (χ0n) is 13.9. The SMILES string of the molecule is Cc1ccc(C(C)c2ccc(C)c(C)c2C)c(C)c1C. The molecule has 0 unspecified atom stereocenters. The Balaban J connectivity index is 2.55. The van der Waals surface area contributed by atoms with Crippen LogP contribution in [0.15, 0.2) is 24.3 Å². The van der Waals surface area contributed by atoms with E-state index in [2.05, 4.69) is 72.7 Å². The fourth-order valence-electron chi connectivity index (χ4n) is 3.06. The molecule has 106 valence electrons. The molecule has 0 heteroatoms. The minimum atomic E-state index is 0.452. The molecule has 0 N–H and O–H groups in total. The third-order valence-corrected chi connectivity index (χ3v) is 5.13. The molecule has 20 heavy (non-hydrogen) atoms. The Hall–Kier alpha value is -1.56. The quantitative estimate of drug-likeness (QED) is 0.655. The van der Waals surface area contributed by atoms with Gasteiger partial charge in [-0.3, -0.25) is 0 Å². The van der Waals surface area contributed by atoms with Crippen molar-refractivity contribution < 1.29 is 0 Å². The van der Waals surface area contributed by atoms with Crippen molar-refractivity contribution in [2.75, 3.05) is 0 Å². The van der Waals surface area contributed by atoms with Gasteiger partial charge < -0.3 is 0 Å². The van der Waals surface area contributed by atoms with Crippen molar-refractivity contribution in [1.29, 1.82) is 0 Å². The molecule has 0 amide bonds. The molecule has 0 radical (unpaired) electrons. The fourth-order valence-corrected chi connectivity index (χ4v) is 3.06. The summed E-state index contributed by atoms with van der Waals surface area (Å²) in [4.78, 5) is 0. The van der Waals surface area contributed by atoms with Crippen LogP contribution >= 0.6 is 0 Å². The highest BCUT2D eigenvalue weighted by Crippen LogP contribution is 2.32. The highest BCUT2D eigenvalue weighted by molar-refractivity contribution is 5.48. The zero-order valence-corrected chi connectivity index (χ0v) is 13.9. The maximum absolute atomic E-state index is 2.33. The van der Waals surface area contributed by atoms with Crippen LogP contribution in [0.1, 0.15) is 57.3 Å². The lowest BCUT2D eigenvalue weighted by molar-refractivity contribution is 0.888. The molecule has 0 bridgehead atoms. The van der Waals surface area contributed by atoms with Gasteiger partial charge in [-0.1, -0.05) is 31.2 Å². The third kappa shape index (κ3) is 2.40. The number of hydrogen-bond donors (Lipinski definition) is 0. The molecule has 0 atom stereocenters. The van der Waals surface area contributed by atoms with Crippen LogP contribution in [0.2, 0.25) is 0 Å². The Morgan fingerprint density at radius 2 is 0.900 bits per heavy atom. The highest BCUT2D eigenvalue weighted by atomic mass is 14.2. The van der Waals surface area contributed by atoms with Crippen LogP contribution in [0, 0.1) is 41.5 Å². The Labute approximate surface area is 123 Å². The van der Waals surface area contributed by atoms with Gasteiger partial charge in [0.1, 0.15) is 0 Å². The van der Waals surface area contributed by atoms with Gasteiger partial charge in [-0.15, -0.1) is 0 Å². The molecule has 2 rings (SSSR count). The molecule has 0 spiro atoms. The van der Waals surface area contributed by atoms with Crippen LogP contribution in [0.25, 0.3) is 0 Å². The maximum atomic E-state index is 2.33. The van der Waals surface area contributed by atoms with Gasteiger partial charge in [-0.2, -0.15) is 0 Å². The lowest BCUT2D eigenvalue weighted by atomic mass is 9.83. The molecular weight excluding hydrogens is 240 g/mol. The average Bonchev–Trinajstić information content (AvgIpc) is 2.42. The van der Waals surface area contributed by atoms with E-state index in [1.54, 1.807) is 0 Å². The number of rotatable bonds is 2. The van der Waals surface area contributed by atoms with E-state index in [1.807, 2.05) is 0 Å². The minimum absolute atomic E-state index is 0.452. The first-order valence-electron chi connectivity index (χ1n) is 7.48. The van der Waals surface area contributed by atoms with E-state index in [0.717, 1.165) is 0 Å². The molecule has 0 fully saturated rings. The average molecular weight is 266 g/mol. The molecule has 0 aliphatic carbocycles. The van der Waals surface area contributed by atoms with E-state index in [0.29, 0.717) is 5.92 Å². The second-order valence-electron chi connectivity index (χ2n) is 6.17. The lowest BCUT2D eigenvalue weighted by Crippen LogP contribution is -2.05. The van der Waals surface area contributed by atoms with Crippen LogP contribution < -0.4 is 0 Å². The van der Waals surface area contributed by atoms with Crippen LogP contribution in [0.5, 0.6) is 0 Å². The van der Waals surface area contributed by atoms with Crippen LogP contribution in [-0.2, 0) is 0 Å². The van der Waals surface area contributed by atoms with Gasteiger partial charge in [0.05, 0.1) is 0 Å². The summed E-state index contributed by atoms with van der Waals surface area (Å²) in [5.74, 6) is 0.452. The zero-order chi connectivity index (χ0) is 15.0. The van der Waals surface area contributed by atoms with E-state index in [-0.39, 0.29) is 0 Å². The Bertz CT molecular complexity index is 590. The Morgan fingerprint density at radius 3 is 1.25 bits per heavy atom. The summed E-state index contributed by atoms with van der Waals surface area (Å²) in [6, 6.07) is 9.11. The molecular formula is C20H26. The van der Waals surface area contributed by atoms with E-state index in [1.165, 1.54) is 44.5 Å². The van der Waals surface area contributed by atoms with E-state index in [4.69, 9.17) is 0 Å². The predicted octanol–water partition coefficient (Wildman–Crippen LogP) is 5.69. The second-order valence-corrected chi connectivity index (χ2v) is 6.17. The van der Waals surface area contributed by atoms with Crippen molar-refractivity contribution in [3.05, 3.63) is 68.8 Å². The standard InChI is InChI=1S/C20H26/c1-12-8-10-19(16(5)14(12)3)18(7)20-11-9-13(2)15(4)17(20)6/h8-11,18H,1-7H3. The summed E-state index contributed by atoms with van der Waals surface area (Å²) in [5.41, 5.74) is 11.4. The van der Waals surface area contributed by atoms with Gasteiger partial charge >= 0.3 is 0 Å².